The summed E-state index contributed by atoms with van der Waals surface area (Å²) >= 11 is 0. The number of hydrogen-bond acceptors (Lipinski definition) is 7. The number of aromatic nitrogens is 3. The lowest BCUT2D eigenvalue weighted by molar-refractivity contribution is -0.122. The summed E-state index contributed by atoms with van der Waals surface area (Å²) in [5.41, 5.74) is 2.52. The number of β-lactam (4-membered cyclic amide) rings is 1. The average Bonchev–Trinajstić information content (AvgIpc) is 3.20. The molecule has 1 aromatic heterocycles. The third kappa shape index (κ3) is 4.84. The summed E-state index contributed by atoms with van der Waals surface area (Å²) in [7, 11) is -0.913. The highest BCUT2D eigenvalue weighted by molar-refractivity contribution is 6.71. The first kappa shape index (κ1) is 23.9. The van der Waals surface area contributed by atoms with Crippen LogP contribution in [0.4, 0.5) is 5.69 Å². The number of methoxy groups -OCH3 is 1. The molecule has 0 aliphatic carbocycles. The van der Waals surface area contributed by atoms with E-state index < -0.39 is 8.32 Å². The van der Waals surface area contributed by atoms with Gasteiger partial charge in [-0.25, -0.2) is 0 Å². The Kier molecular flexibility index (Phi) is 6.90. The SMILES string of the molecule is CO[C@@H]1c2cc(N3CCC3=O)ccc2O[C@H](C(CCn2cc(CCO)nn2)[Si](C)(C)O)[C@H]1C. The molecule has 33 heavy (non-hydrogen) atoms. The van der Waals surface area contributed by atoms with Crippen molar-refractivity contribution in [1.82, 2.24) is 15.0 Å². The number of aliphatic hydroxyl groups is 1. The van der Waals surface area contributed by atoms with Crippen molar-refractivity contribution in [2.45, 2.75) is 63.6 Å². The van der Waals surface area contributed by atoms with Gasteiger partial charge in [-0.1, -0.05) is 12.1 Å². The Labute approximate surface area is 195 Å². The number of amides is 1. The number of carbonyl (C=O) groups is 1. The zero-order valence-corrected chi connectivity index (χ0v) is 20.8. The molecule has 1 saturated heterocycles. The van der Waals surface area contributed by atoms with Crippen molar-refractivity contribution in [2.24, 2.45) is 5.92 Å². The minimum Gasteiger partial charge on any atom is -0.490 e. The number of hydrogen-bond donors (Lipinski definition) is 2. The zero-order valence-electron chi connectivity index (χ0n) is 19.8. The van der Waals surface area contributed by atoms with Gasteiger partial charge in [-0.3, -0.25) is 9.48 Å². The molecule has 4 rings (SSSR count). The van der Waals surface area contributed by atoms with Crippen LogP contribution in [0.15, 0.2) is 24.4 Å². The van der Waals surface area contributed by atoms with Crippen LogP contribution in [0.3, 0.4) is 0 Å². The second kappa shape index (κ2) is 9.53. The second-order valence-corrected chi connectivity index (χ2v) is 13.7. The molecule has 1 aromatic carbocycles. The number of ether oxygens (including phenoxy) is 2. The molecule has 2 aromatic rings. The van der Waals surface area contributed by atoms with E-state index in [9.17, 15) is 9.59 Å². The van der Waals surface area contributed by atoms with E-state index in [-0.39, 0.29) is 36.2 Å². The van der Waals surface area contributed by atoms with Crippen molar-refractivity contribution in [3.05, 3.63) is 35.7 Å². The van der Waals surface area contributed by atoms with Gasteiger partial charge in [-0.2, -0.15) is 0 Å². The first-order valence-electron chi connectivity index (χ1n) is 11.6. The molecule has 3 heterocycles. The molecule has 2 N–H and O–H groups in total. The van der Waals surface area contributed by atoms with Crippen LogP contribution in [0.1, 0.15) is 37.1 Å². The Morgan fingerprint density at radius 2 is 2.15 bits per heavy atom. The third-order valence-electron chi connectivity index (χ3n) is 6.90. The van der Waals surface area contributed by atoms with Crippen LogP contribution in [0.25, 0.3) is 0 Å². The van der Waals surface area contributed by atoms with Crippen molar-refractivity contribution < 1.29 is 24.2 Å². The van der Waals surface area contributed by atoms with Crippen LogP contribution < -0.4 is 9.64 Å². The lowest BCUT2D eigenvalue weighted by atomic mass is 9.86. The predicted octanol–water partition coefficient (Wildman–Crippen LogP) is 2.29. The van der Waals surface area contributed by atoms with Gasteiger partial charge in [0, 0.05) is 68.6 Å². The summed E-state index contributed by atoms with van der Waals surface area (Å²) < 4.78 is 14.2. The standard InChI is InChI=1S/C23H34N4O5Si/c1-15-22(31-2)18-13-17(27-11-8-21(27)29)5-6-19(18)32-23(15)20(33(3,4)30)7-10-26-14-16(9-12-28)24-25-26/h5-6,13-15,20,22-23,28,30H,7-12H2,1-4H3/t15-,20?,22-,23-/m0/s1. The van der Waals surface area contributed by atoms with E-state index in [2.05, 4.69) is 17.2 Å². The van der Waals surface area contributed by atoms with E-state index in [1.807, 2.05) is 37.5 Å². The van der Waals surface area contributed by atoms with E-state index in [1.54, 1.807) is 16.7 Å². The Morgan fingerprint density at radius 1 is 1.36 bits per heavy atom. The predicted molar refractivity (Wildman–Crippen MR) is 126 cm³/mol. The quantitative estimate of drug-likeness (QED) is 0.424. The zero-order chi connectivity index (χ0) is 23.8. The van der Waals surface area contributed by atoms with Gasteiger partial charge in [0.05, 0.1) is 11.8 Å². The monoisotopic (exact) mass is 474 g/mol. The van der Waals surface area contributed by atoms with Crippen LogP contribution in [0.2, 0.25) is 18.6 Å². The lowest BCUT2D eigenvalue weighted by Gasteiger charge is -2.44. The minimum absolute atomic E-state index is 0.00876. The maximum atomic E-state index is 11.9. The van der Waals surface area contributed by atoms with Crippen molar-refractivity contribution in [2.75, 3.05) is 25.2 Å². The third-order valence-corrected chi connectivity index (χ3v) is 9.33. The maximum absolute atomic E-state index is 11.9. The van der Waals surface area contributed by atoms with E-state index in [0.29, 0.717) is 25.8 Å². The van der Waals surface area contributed by atoms with Gasteiger partial charge in [-0.05, 0) is 37.7 Å². The topological polar surface area (TPSA) is 110 Å². The summed E-state index contributed by atoms with van der Waals surface area (Å²) in [5.74, 6) is 0.889. The number of anilines is 1. The molecule has 2 aliphatic rings. The number of aliphatic hydroxyl groups excluding tert-OH is 1. The van der Waals surface area contributed by atoms with Crippen LogP contribution in [0, 0.1) is 5.92 Å². The number of aryl methyl sites for hydroxylation is 1. The number of benzene rings is 1. The molecule has 2 aliphatic heterocycles. The molecule has 0 radical (unpaired) electrons. The minimum atomic E-state index is -2.61. The van der Waals surface area contributed by atoms with Crippen molar-refractivity contribution in [1.29, 1.82) is 0 Å². The van der Waals surface area contributed by atoms with Gasteiger partial charge in [0.1, 0.15) is 11.9 Å². The fraction of sp³-hybridized carbons (Fsp3) is 0.609. The number of nitrogens with zero attached hydrogens (tertiary/aromatic N) is 4. The molecule has 1 amide bonds. The molecule has 0 bridgehead atoms. The van der Waals surface area contributed by atoms with Gasteiger partial charge in [0.15, 0.2) is 8.32 Å². The molecule has 180 valence electrons. The van der Waals surface area contributed by atoms with E-state index in [1.165, 1.54) is 0 Å². The van der Waals surface area contributed by atoms with Gasteiger partial charge < -0.3 is 24.3 Å². The number of carbonyl (C=O) groups excluding carboxylic acids is 1. The first-order chi connectivity index (χ1) is 15.7. The molecular weight excluding hydrogens is 440 g/mol. The van der Waals surface area contributed by atoms with Crippen LogP contribution >= 0.6 is 0 Å². The lowest BCUT2D eigenvalue weighted by Crippen LogP contribution is -2.48. The summed E-state index contributed by atoms with van der Waals surface area (Å²) in [6, 6.07) is 5.84. The summed E-state index contributed by atoms with van der Waals surface area (Å²) in [6.45, 7) is 7.38. The van der Waals surface area contributed by atoms with E-state index in [0.717, 1.165) is 29.2 Å². The van der Waals surface area contributed by atoms with Gasteiger partial charge >= 0.3 is 0 Å². The summed E-state index contributed by atoms with van der Waals surface area (Å²) in [4.78, 5) is 24.9. The number of fused-ring (bicyclic) bond motifs is 1. The first-order valence-corrected chi connectivity index (χ1v) is 14.6. The summed E-state index contributed by atoms with van der Waals surface area (Å²) in [6.07, 6.45) is 3.19. The smallest absolute Gasteiger partial charge is 0.228 e. The molecular formula is C23H34N4O5Si. The van der Waals surface area contributed by atoms with Gasteiger partial charge in [-0.15, -0.1) is 5.10 Å². The highest BCUT2D eigenvalue weighted by Crippen LogP contribution is 2.47. The fourth-order valence-electron chi connectivity index (χ4n) is 4.99. The Morgan fingerprint density at radius 3 is 2.76 bits per heavy atom. The molecule has 4 atom stereocenters. The average molecular weight is 475 g/mol. The highest BCUT2D eigenvalue weighted by atomic mass is 28.4. The number of rotatable bonds is 9. The molecule has 1 fully saturated rings. The van der Waals surface area contributed by atoms with E-state index in [4.69, 9.17) is 14.6 Å². The van der Waals surface area contributed by atoms with Crippen LogP contribution in [-0.2, 0) is 22.5 Å². The van der Waals surface area contributed by atoms with Gasteiger partial charge in [0.2, 0.25) is 5.91 Å². The van der Waals surface area contributed by atoms with Gasteiger partial charge in [0.25, 0.3) is 0 Å². The van der Waals surface area contributed by atoms with Crippen LogP contribution in [-0.4, -0.2) is 65.5 Å². The Balaban J connectivity index is 1.57. The Bertz CT molecular complexity index is 991. The largest absolute Gasteiger partial charge is 0.490 e. The van der Waals surface area contributed by atoms with Crippen molar-refractivity contribution in [3.8, 4) is 5.75 Å². The highest BCUT2D eigenvalue weighted by Gasteiger charge is 2.46. The molecule has 0 saturated carbocycles. The molecule has 0 spiro atoms. The summed E-state index contributed by atoms with van der Waals surface area (Å²) in [5, 5.41) is 17.4. The van der Waals surface area contributed by atoms with Crippen LogP contribution in [0.5, 0.6) is 5.75 Å². The molecule has 10 heteroatoms. The van der Waals surface area contributed by atoms with E-state index >= 15 is 0 Å². The fourth-order valence-corrected chi connectivity index (χ4v) is 7.00. The van der Waals surface area contributed by atoms with Crippen molar-refractivity contribution >= 4 is 19.9 Å². The molecule has 1 unspecified atom stereocenters. The Hall–Kier alpha value is -2.27. The van der Waals surface area contributed by atoms with Crippen molar-refractivity contribution in [3.63, 3.8) is 0 Å². The molecule has 9 nitrogen and oxygen atoms in total. The maximum Gasteiger partial charge on any atom is 0.228 e. The normalized spacial score (nSPS) is 23.6. The second-order valence-electron chi connectivity index (χ2n) is 9.61.